The Kier molecular flexibility index (Phi) is 4.90. The lowest BCUT2D eigenvalue weighted by molar-refractivity contribution is -0.0708. The topological polar surface area (TPSA) is 23.5 Å². The van der Waals surface area contributed by atoms with Crippen LogP contribution in [0.2, 0.25) is 0 Å². The van der Waals surface area contributed by atoms with E-state index < -0.39 is 5.60 Å². The lowest BCUT2D eigenvalue weighted by Gasteiger charge is -2.51. The minimum atomic E-state index is -0.489. The summed E-state index contributed by atoms with van der Waals surface area (Å²) in [7, 11) is 0. The molecule has 2 aromatic rings. The number of rotatable bonds is 4. The molecule has 2 heteroatoms. The number of piperidine rings is 2. The van der Waals surface area contributed by atoms with E-state index in [9.17, 15) is 5.11 Å². The fourth-order valence-electron chi connectivity index (χ4n) is 5.03. The van der Waals surface area contributed by atoms with Crippen molar-refractivity contribution in [1.29, 1.82) is 0 Å². The van der Waals surface area contributed by atoms with Gasteiger partial charge in [0.2, 0.25) is 0 Å². The minimum Gasteiger partial charge on any atom is -0.390 e. The normalized spacial score (nSPS) is 32.2. The molecule has 1 N–H and O–H groups in total. The molecular weight excluding hydrogens is 318 g/mol. The molecule has 2 aliphatic rings. The van der Waals surface area contributed by atoms with E-state index in [2.05, 4.69) is 72.5 Å². The maximum Gasteiger partial charge on any atom is 0.0678 e. The van der Waals surface area contributed by atoms with Gasteiger partial charge in [0.15, 0.2) is 0 Å². The average molecular weight is 350 g/mol. The molecule has 138 valence electrons. The Bertz CT molecular complexity index is 716. The van der Waals surface area contributed by atoms with E-state index in [1.54, 1.807) is 0 Å². The van der Waals surface area contributed by atoms with Crippen molar-refractivity contribution in [3.05, 3.63) is 71.8 Å². The number of hydrogen-bond donors (Lipinski definition) is 1. The van der Waals surface area contributed by atoms with Crippen molar-refractivity contribution in [2.75, 3.05) is 13.1 Å². The van der Waals surface area contributed by atoms with E-state index >= 15 is 0 Å². The molecule has 2 saturated heterocycles. The molecular formula is C24H31NO. The molecule has 2 fully saturated rings. The lowest BCUT2D eigenvalue weighted by atomic mass is 9.70. The van der Waals surface area contributed by atoms with E-state index in [0.29, 0.717) is 6.04 Å². The number of hydrogen-bond acceptors (Lipinski definition) is 2. The number of fused-ring (bicyclic) bond motifs is 1. The Labute approximate surface area is 157 Å². The summed E-state index contributed by atoms with van der Waals surface area (Å²) in [4.78, 5) is 2.65. The first-order chi connectivity index (χ1) is 12.6. The van der Waals surface area contributed by atoms with Gasteiger partial charge in [-0.3, -0.25) is 4.90 Å². The third-order valence-electron chi connectivity index (χ3n) is 6.77. The fraction of sp³-hybridized carbons (Fsp3) is 0.500. The summed E-state index contributed by atoms with van der Waals surface area (Å²) in [5.74, 6) is 0. The Balaban J connectivity index is 1.39. The zero-order chi connectivity index (χ0) is 18.0. The van der Waals surface area contributed by atoms with Gasteiger partial charge in [-0.05, 0) is 49.7 Å². The van der Waals surface area contributed by atoms with E-state index in [4.69, 9.17) is 0 Å². The van der Waals surface area contributed by atoms with Crippen LogP contribution < -0.4 is 0 Å². The molecule has 2 nitrogen and oxygen atoms in total. The van der Waals surface area contributed by atoms with Gasteiger partial charge in [0.05, 0.1) is 5.60 Å². The van der Waals surface area contributed by atoms with Gasteiger partial charge in [0.1, 0.15) is 0 Å². The van der Waals surface area contributed by atoms with Gasteiger partial charge in [-0.25, -0.2) is 0 Å². The van der Waals surface area contributed by atoms with Crippen LogP contribution in [0.3, 0.4) is 0 Å². The van der Waals surface area contributed by atoms with Crippen LogP contribution in [-0.2, 0) is 11.8 Å². The zero-order valence-electron chi connectivity index (χ0n) is 15.9. The third-order valence-corrected chi connectivity index (χ3v) is 6.77. The molecule has 0 spiro atoms. The van der Waals surface area contributed by atoms with Gasteiger partial charge in [0, 0.05) is 24.5 Å². The Morgan fingerprint density at radius 2 is 1.69 bits per heavy atom. The SMILES string of the molecule is CC1(c2ccccc2)CCC2CC(O)(CCc3ccccc3)CCN2C1. The molecule has 0 aliphatic carbocycles. The molecule has 3 unspecified atom stereocenters. The highest BCUT2D eigenvalue weighted by Crippen LogP contribution is 2.41. The van der Waals surface area contributed by atoms with Crippen LogP contribution in [0.15, 0.2) is 60.7 Å². The molecule has 0 radical (unpaired) electrons. The van der Waals surface area contributed by atoms with Crippen molar-refractivity contribution in [2.45, 2.75) is 62.5 Å². The van der Waals surface area contributed by atoms with Gasteiger partial charge in [-0.2, -0.15) is 0 Å². The third kappa shape index (κ3) is 3.72. The van der Waals surface area contributed by atoms with Gasteiger partial charge in [0.25, 0.3) is 0 Å². The number of benzene rings is 2. The molecule has 4 rings (SSSR count). The van der Waals surface area contributed by atoms with Crippen LogP contribution in [-0.4, -0.2) is 34.7 Å². The molecule has 0 bridgehead atoms. The monoisotopic (exact) mass is 349 g/mol. The number of aryl methyl sites for hydroxylation is 1. The van der Waals surface area contributed by atoms with Crippen LogP contribution in [0.4, 0.5) is 0 Å². The summed E-state index contributed by atoms with van der Waals surface area (Å²) in [6.45, 7) is 4.56. The summed E-state index contributed by atoms with van der Waals surface area (Å²) in [5.41, 5.74) is 2.56. The van der Waals surface area contributed by atoms with Crippen molar-refractivity contribution < 1.29 is 5.11 Å². The summed E-state index contributed by atoms with van der Waals surface area (Å²) < 4.78 is 0. The Morgan fingerprint density at radius 3 is 2.42 bits per heavy atom. The van der Waals surface area contributed by atoms with E-state index in [1.165, 1.54) is 24.0 Å². The molecule has 2 aromatic carbocycles. The van der Waals surface area contributed by atoms with Crippen molar-refractivity contribution in [3.63, 3.8) is 0 Å². The van der Waals surface area contributed by atoms with Crippen LogP contribution in [0.25, 0.3) is 0 Å². The van der Waals surface area contributed by atoms with E-state index in [0.717, 1.165) is 38.8 Å². The summed E-state index contributed by atoms with van der Waals surface area (Å²) in [5, 5.41) is 11.2. The average Bonchev–Trinajstić information content (AvgIpc) is 2.69. The highest BCUT2D eigenvalue weighted by Gasteiger charge is 2.44. The second kappa shape index (κ2) is 7.17. The second-order valence-electron chi connectivity index (χ2n) is 8.75. The largest absolute Gasteiger partial charge is 0.390 e. The second-order valence-corrected chi connectivity index (χ2v) is 8.75. The van der Waals surface area contributed by atoms with Crippen molar-refractivity contribution in [1.82, 2.24) is 4.90 Å². The molecule has 0 aromatic heterocycles. The predicted molar refractivity (Wildman–Crippen MR) is 107 cm³/mol. The maximum atomic E-state index is 11.2. The fourth-order valence-corrected chi connectivity index (χ4v) is 5.03. The highest BCUT2D eigenvalue weighted by molar-refractivity contribution is 5.26. The molecule has 0 amide bonds. The lowest BCUT2D eigenvalue weighted by Crippen LogP contribution is -2.57. The molecule has 2 aliphatic heterocycles. The van der Waals surface area contributed by atoms with Crippen LogP contribution in [0, 0.1) is 0 Å². The summed E-state index contributed by atoms with van der Waals surface area (Å²) in [6.07, 6.45) is 6.11. The van der Waals surface area contributed by atoms with Crippen LogP contribution >= 0.6 is 0 Å². The number of nitrogens with zero attached hydrogens (tertiary/aromatic N) is 1. The summed E-state index contributed by atoms with van der Waals surface area (Å²) in [6, 6.07) is 22.1. The van der Waals surface area contributed by atoms with E-state index in [1.807, 2.05) is 0 Å². The molecule has 26 heavy (non-hydrogen) atoms. The van der Waals surface area contributed by atoms with Gasteiger partial charge < -0.3 is 5.11 Å². The van der Waals surface area contributed by atoms with Crippen molar-refractivity contribution in [3.8, 4) is 0 Å². The summed E-state index contributed by atoms with van der Waals surface area (Å²) >= 11 is 0. The molecule has 3 atom stereocenters. The van der Waals surface area contributed by atoms with Gasteiger partial charge in [-0.15, -0.1) is 0 Å². The van der Waals surface area contributed by atoms with Crippen molar-refractivity contribution in [2.24, 2.45) is 0 Å². The maximum absolute atomic E-state index is 11.2. The standard InChI is InChI=1S/C24H31NO/c1-23(21-10-6-3-7-11-21)14-13-22-18-24(26,16-17-25(22)19-23)15-12-20-8-4-2-5-9-20/h2-11,22,26H,12-19H2,1H3. The van der Waals surface area contributed by atoms with Crippen molar-refractivity contribution >= 4 is 0 Å². The predicted octanol–water partition coefficient (Wildman–Crippen LogP) is 4.57. The molecule has 2 heterocycles. The Hall–Kier alpha value is -1.64. The first-order valence-corrected chi connectivity index (χ1v) is 10.1. The highest BCUT2D eigenvalue weighted by atomic mass is 16.3. The quantitative estimate of drug-likeness (QED) is 0.874. The van der Waals surface area contributed by atoms with Gasteiger partial charge in [-0.1, -0.05) is 67.6 Å². The zero-order valence-corrected chi connectivity index (χ0v) is 15.9. The van der Waals surface area contributed by atoms with Crippen LogP contribution in [0.1, 0.15) is 50.2 Å². The first-order valence-electron chi connectivity index (χ1n) is 10.1. The smallest absolute Gasteiger partial charge is 0.0678 e. The first kappa shape index (κ1) is 17.8. The van der Waals surface area contributed by atoms with Crippen LogP contribution in [0.5, 0.6) is 0 Å². The Morgan fingerprint density at radius 1 is 1.00 bits per heavy atom. The van der Waals surface area contributed by atoms with E-state index in [-0.39, 0.29) is 5.41 Å². The minimum absolute atomic E-state index is 0.247. The molecule has 0 saturated carbocycles. The number of aliphatic hydroxyl groups is 1. The van der Waals surface area contributed by atoms with Gasteiger partial charge >= 0.3 is 0 Å².